The van der Waals surface area contributed by atoms with Crippen molar-refractivity contribution in [1.82, 2.24) is 0 Å². The fourth-order valence-corrected chi connectivity index (χ4v) is 1.57. The van der Waals surface area contributed by atoms with Crippen LogP contribution in [-0.2, 0) is 0 Å². The van der Waals surface area contributed by atoms with Gasteiger partial charge in [-0.15, -0.1) is 5.75 Å². The monoisotopic (exact) mass is 244 g/mol. The predicted molar refractivity (Wildman–Crippen MR) is 51.1 cm³/mol. The third-order valence-electron chi connectivity index (χ3n) is 1.77. The summed E-state index contributed by atoms with van der Waals surface area (Å²) in [6.07, 6.45) is 0. The van der Waals surface area contributed by atoms with Crippen LogP contribution in [0.2, 0.25) is 0 Å². The number of halogens is 1. The summed E-state index contributed by atoms with van der Waals surface area (Å²) in [6, 6.07) is 10.9. The molecule has 0 unspecified atom stereocenters. The van der Waals surface area contributed by atoms with Crippen molar-refractivity contribution >= 4 is 26.7 Å². The summed E-state index contributed by atoms with van der Waals surface area (Å²) in [5.74, 6) is 0.0600. The van der Waals surface area contributed by atoms with E-state index in [0.29, 0.717) is 0 Å². The Morgan fingerprint density at radius 3 is 2.31 bits per heavy atom. The minimum Gasteiger partial charge on any atom is -0.872 e. The van der Waals surface area contributed by atoms with Crippen LogP contribution in [0.5, 0.6) is 5.75 Å². The van der Waals surface area contributed by atoms with Gasteiger partial charge in [-0.05, 0) is 22.9 Å². The van der Waals surface area contributed by atoms with Crippen molar-refractivity contribution in [3.63, 3.8) is 0 Å². The van der Waals surface area contributed by atoms with Crippen LogP contribution < -0.4 is 34.7 Å². The van der Waals surface area contributed by atoms with E-state index >= 15 is 0 Å². The molecule has 1 nitrogen and oxygen atoms in total. The van der Waals surface area contributed by atoms with Gasteiger partial charge < -0.3 is 5.11 Å². The zero-order valence-electron chi connectivity index (χ0n) is 7.25. The van der Waals surface area contributed by atoms with Crippen LogP contribution in [0.1, 0.15) is 0 Å². The molecule has 0 saturated carbocycles. The quantitative estimate of drug-likeness (QED) is 0.583. The van der Waals surface area contributed by atoms with Crippen molar-refractivity contribution in [2.24, 2.45) is 0 Å². The largest absolute Gasteiger partial charge is 1.00 e. The molecule has 0 aromatic heterocycles. The molecule has 0 atom stereocenters. The van der Waals surface area contributed by atoms with Crippen LogP contribution >= 0.6 is 15.9 Å². The van der Waals surface area contributed by atoms with E-state index < -0.39 is 0 Å². The number of hydrogen-bond acceptors (Lipinski definition) is 1. The molecule has 0 N–H and O–H groups in total. The molecule has 2 aromatic rings. The maximum absolute atomic E-state index is 11.0. The van der Waals surface area contributed by atoms with Gasteiger partial charge >= 0.3 is 29.6 Å². The van der Waals surface area contributed by atoms with Gasteiger partial charge in [0.25, 0.3) is 0 Å². The van der Waals surface area contributed by atoms with Gasteiger partial charge in [0, 0.05) is 4.47 Å². The molecule has 0 fully saturated rings. The fraction of sp³-hybridized carbons (Fsp3) is 0. The summed E-state index contributed by atoms with van der Waals surface area (Å²) in [4.78, 5) is 0. The molecular formula is C10H6BrNaO. The molecule has 2 aromatic carbocycles. The van der Waals surface area contributed by atoms with Crippen molar-refractivity contribution in [3.05, 3.63) is 40.9 Å². The normalized spacial score (nSPS) is 9.62. The Hall–Kier alpha value is -0.0200. The van der Waals surface area contributed by atoms with E-state index in [1.165, 1.54) is 0 Å². The van der Waals surface area contributed by atoms with Crippen molar-refractivity contribution in [2.75, 3.05) is 0 Å². The minimum absolute atomic E-state index is 0. The first-order chi connectivity index (χ1) is 5.75. The van der Waals surface area contributed by atoms with Gasteiger partial charge in [-0.1, -0.05) is 40.2 Å². The molecule has 3 heteroatoms. The zero-order chi connectivity index (χ0) is 8.55. The minimum atomic E-state index is 0. The first-order valence-corrected chi connectivity index (χ1v) is 4.41. The van der Waals surface area contributed by atoms with E-state index in [1.807, 2.05) is 24.3 Å². The van der Waals surface area contributed by atoms with E-state index in [4.69, 9.17) is 0 Å². The maximum Gasteiger partial charge on any atom is 1.00 e. The van der Waals surface area contributed by atoms with Crippen molar-refractivity contribution in [2.45, 2.75) is 0 Å². The standard InChI is InChI=1S/C10H7BrO.Na/c11-9-3-1-8-6-10(12)4-2-7(8)5-9;/h1-6,12H;/q;+1/p-1. The molecule has 0 radical (unpaired) electrons. The summed E-state index contributed by atoms with van der Waals surface area (Å²) in [7, 11) is 0. The van der Waals surface area contributed by atoms with Crippen LogP contribution in [0.3, 0.4) is 0 Å². The van der Waals surface area contributed by atoms with Gasteiger partial charge in [-0.25, -0.2) is 0 Å². The van der Waals surface area contributed by atoms with Crippen molar-refractivity contribution in [3.8, 4) is 5.75 Å². The van der Waals surface area contributed by atoms with Gasteiger partial charge in [0.2, 0.25) is 0 Å². The average molecular weight is 245 g/mol. The van der Waals surface area contributed by atoms with Crippen LogP contribution in [-0.4, -0.2) is 0 Å². The first kappa shape index (κ1) is 11.1. The number of benzene rings is 2. The van der Waals surface area contributed by atoms with Gasteiger partial charge in [0.15, 0.2) is 0 Å². The van der Waals surface area contributed by atoms with Gasteiger partial charge in [0.05, 0.1) is 0 Å². The zero-order valence-corrected chi connectivity index (χ0v) is 10.8. The molecule has 0 heterocycles. The number of hydrogen-bond donors (Lipinski definition) is 0. The van der Waals surface area contributed by atoms with E-state index in [1.54, 1.807) is 12.1 Å². The Morgan fingerprint density at radius 1 is 0.923 bits per heavy atom. The fourth-order valence-electron chi connectivity index (χ4n) is 1.19. The average Bonchev–Trinajstić information content (AvgIpc) is 2.05. The summed E-state index contributed by atoms with van der Waals surface area (Å²) < 4.78 is 1.04. The summed E-state index contributed by atoms with van der Waals surface area (Å²) >= 11 is 3.37. The van der Waals surface area contributed by atoms with Gasteiger partial charge in [-0.3, -0.25) is 0 Å². The molecule has 0 amide bonds. The van der Waals surface area contributed by atoms with Gasteiger partial charge in [-0.2, -0.15) is 0 Å². The molecule has 0 bridgehead atoms. The second kappa shape index (κ2) is 4.47. The molecule has 0 aliphatic carbocycles. The Labute approximate surface area is 107 Å². The second-order valence-electron chi connectivity index (χ2n) is 2.65. The van der Waals surface area contributed by atoms with E-state index in [0.717, 1.165) is 15.2 Å². The van der Waals surface area contributed by atoms with Gasteiger partial charge in [0.1, 0.15) is 0 Å². The first-order valence-electron chi connectivity index (χ1n) is 3.62. The summed E-state index contributed by atoms with van der Waals surface area (Å²) in [6.45, 7) is 0. The van der Waals surface area contributed by atoms with Crippen molar-refractivity contribution < 1.29 is 34.7 Å². The molecule has 60 valence electrons. The van der Waals surface area contributed by atoms with E-state index in [2.05, 4.69) is 15.9 Å². The Morgan fingerprint density at radius 2 is 1.54 bits per heavy atom. The Kier molecular flexibility index (Phi) is 3.80. The third-order valence-corrected chi connectivity index (χ3v) is 2.27. The van der Waals surface area contributed by atoms with E-state index in [9.17, 15) is 5.11 Å². The van der Waals surface area contributed by atoms with Crippen molar-refractivity contribution in [1.29, 1.82) is 0 Å². The second-order valence-corrected chi connectivity index (χ2v) is 3.57. The SMILES string of the molecule is [Na+].[O-]c1ccc2cc(Br)ccc2c1. The predicted octanol–water partition coefficient (Wildman–Crippen LogP) is -0.320. The number of fused-ring (bicyclic) bond motifs is 1. The Balaban J connectivity index is 0.000000845. The smallest absolute Gasteiger partial charge is 0.872 e. The molecule has 13 heavy (non-hydrogen) atoms. The summed E-state index contributed by atoms with van der Waals surface area (Å²) in [5, 5.41) is 13.0. The molecule has 0 aliphatic heterocycles. The Bertz CT molecular complexity index is 387. The number of rotatable bonds is 0. The third kappa shape index (κ3) is 2.47. The summed E-state index contributed by atoms with van der Waals surface area (Å²) in [5.41, 5.74) is 0. The topological polar surface area (TPSA) is 23.1 Å². The maximum atomic E-state index is 11.0. The van der Waals surface area contributed by atoms with Crippen LogP contribution in [0, 0.1) is 0 Å². The van der Waals surface area contributed by atoms with Crippen LogP contribution in [0.25, 0.3) is 10.8 Å². The van der Waals surface area contributed by atoms with E-state index in [-0.39, 0.29) is 35.3 Å². The molecular weight excluding hydrogens is 239 g/mol. The molecule has 2 rings (SSSR count). The van der Waals surface area contributed by atoms with Crippen LogP contribution in [0.15, 0.2) is 40.9 Å². The molecule has 0 saturated heterocycles. The molecule has 0 aliphatic rings. The van der Waals surface area contributed by atoms with Crippen LogP contribution in [0.4, 0.5) is 0 Å². The molecule has 0 spiro atoms.